The van der Waals surface area contributed by atoms with Crippen molar-refractivity contribution in [2.24, 2.45) is 5.92 Å². The molecule has 1 fully saturated rings. The lowest BCUT2D eigenvalue weighted by Gasteiger charge is -2.24. The molecule has 0 aliphatic heterocycles. The van der Waals surface area contributed by atoms with Gasteiger partial charge in [0.1, 0.15) is 0 Å². The van der Waals surface area contributed by atoms with Gasteiger partial charge in [-0.2, -0.15) is 0 Å². The third kappa shape index (κ3) is 5.47. The lowest BCUT2D eigenvalue weighted by Crippen LogP contribution is -2.24. The normalized spacial score (nSPS) is 18.4. The number of aryl methyl sites for hydroxylation is 1. The number of rotatable bonds is 7. The predicted molar refractivity (Wildman–Crippen MR) is 92.7 cm³/mol. The molecule has 0 bridgehead atoms. The van der Waals surface area contributed by atoms with Crippen molar-refractivity contribution in [1.82, 2.24) is 5.32 Å². The van der Waals surface area contributed by atoms with E-state index in [1.165, 1.54) is 62.5 Å². The van der Waals surface area contributed by atoms with Crippen LogP contribution >= 0.6 is 0 Å². The molecule has 1 aliphatic rings. The number of hydrogen-bond donors (Lipinski definition) is 1. The van der Waals surface area contributed by atoms with Crippen molar-refractivity contribution in [1.29, 1.82) is 0 Å². The zero-order valence-electron chi connectivity index (χ0n) is 14.0. The van der Waals surface area contributed by atoms with Crippen molar-refractivity contribution in [2.45, 2.75) is 77.7 Å². The maximum Gasteiger partial charge on any atom is 0.0322 e. The van der Waals surface area contributed by atoms with Gasteiger partial charge in [-0.1, -0.05) is 76.6 Å². The van der Waals surface area contributed by atoms with Crippen LogP contribution in [0.1, 0.15) is 82.4 Å². The Morgan fingerprint density at radius 1 is 1.00 bits per heavy atom. The Kier molecular flexibility index (Phi) is 7.29. The molecular formula is C20H33N. The van der Waals surface area contributed by atoms with Crippen LogP contribution in [0.5, 0.6) is 0 Å². The van der Waals surface area contributed by atoms with Gasteiger partial charge in [-0.15, -0.1) is 0 Å². The highest BCUT2D eigenvalue weighted by atomic mass is 14.9. The Bertz CT molecular complexity index is 373. The van der Waals surface area contributed by atoms with Gasteiger partial charge in [-0.3, -0.25) is 0 Å². The first-order valence-corrected chi connectivity index (χ1v) is 9.15. The van der Waals surface area contributed by atoms with E-state index < -0.39 is 0 Å². The Labute approximate surface area is 131 Å². The van der Waals surface area contributed by atoms with E-state index in [-0.39, 0.29) is 0 Å². The van der Waals surface area contributed by atoms with Crippen molar-refractivity contribution >= 4 is 0 Å². The molecule has 1 aromatic rings. The van der Waals surface area contributed by atoms with E-state index in [4.69, 9.17) is 0 Å². The fourth-order valence-corrected chi connectivity index (χ4v) is 3.57. The van der Waals surface area contributed by atoms with Gasteiger partial charge < -0.3 is 5.32 Å². The van der Waals surface area contributed by atoms with Gasteiger partial charge in [-0.25, -0.2) is 0 Å². The molecule has 2 rings (SSSR count). The highest BCUT2D eigenvalue weighted by molar-refractivity contribution is 5.25. The second kappa shape index (κ2) is 9.25. The topological polar surface area (TPSA) is 12.0 Å². The second-order valence-electron chi connectivity index (χ2n) is 6.70. The van der Waals surface area contributed by atoms with Crippen LogP contribution in [0, 0.1) is 5.92 Å². The fourth-order valence-electron chi connectivity index (χ4n) is 3.57. The van der Waals surface area contributed by atoms with Crippen LogP contribution in [0.3, 0.4) is 0 Å². The molecule has 1 aromatic carbocycles. The molecule has 118 valence electrons. The summed E-state index contributed by atoms with van der Waals surface area (Å²) in [5.74, 6) is 0.924. The van der Waals surface area contributed by atoms with E-state index in [0.29, 0.717) is 6.04 Å². The first-order valence-electron chi connectivity index (χ1n) is 9.15. The molecule has 0 saturated heterocycles. The molecule has 1 aliphatic carbocycles. The highest BCUT2D eigenvalue weighted by Crippen LogP contribution is 2.31. The minimum Gasteiger partial charge on any atom is -0.310 e. The summed E-state index contributed by atoms with van der Waals surface area (Å²) in [6, 6.07) is 9.87. The zero-order chi connectivity index (χ0) is 14.9. The molecule has 1 unspecified atom stereocenters. The molecule has 1 heteroatoms. The molecule has 1 atom stereocenters. The number of benzene rings is 1. The van der Waals surface area contributed by atoms with Crippen molar-refractivity contribution in [3.63, 3.8) is 0 Å². The Morgan fingerprint density at radius 2 is 1.67 bits per heavy atom. The Hall–Kier alpha value is -0.820. The van der Waals surface area contributed by atoms with Crippen molar-refractivity contribution in [3.05, 3.63) is 35.4 Å². The third-order valence-electron chi connectivity index (χ3n) is 4.97. The molecular weight excluding hydrogens is 254 g/mol. The van der Waals surface area contributed by atoms with Crippen LogP contribution in [-0.2, 0) is 6.42 Å². The minimum absolute atomic E-state index is 0.555. The van der Waals surface area contributed by atoms with E-state index in [2.05, 4.69) is 43.4 Å². The molecule has 0 aromatic heterocycles. The third-order valence-corrected chi connectivity index (χ3v) is 4.97. The lowest BCUT2D eigenvalue weighted by molar-refractivity contribution is 0.356. The van der Waals surface area contributed by atoms with Crippen LogP contribution in [0.15, 0.2) is 24.3 Å². The van der Waals surface area contributed by atoms with Crippen LogP contribution in [0.25, 0.3) is 0 Å². The average Bonchev–Trinajstić information content (AvgIpc) is 2.80. The summed E-state index contributed by atoms with van der Waals surface area (Å²) in [6.45, 7) is 5.62. The Morgan fingerprint density at radius 3 is 2.24 bits per heavy atom. The van der Waals surface area contributed by atoms with E-state index in [1.54, 1.807) is 0 Å². The van der Waals surface area contributed by atoms with E-state index >= 15 is 0 Å². The summed E-state index contributed by atoms with van der Waals surface area (Å²) in [4.78, 5) is 0. The number of hydrogen-bond acceptors (Lipinski definition) is 1. The Balaban J connectivity index is 2.01. The zero-order valence-corrected chi connectivity index (χ0v) is 14.0. The minimum atomic E-state index is 0.555. The van der Waals surface area contributed by atoms with Gasteiger partial charge in [0.2, 0.25) is 0 Å². The van der Waals surface area contributed by atoms with Crippen molar-refractivity contribution in [3.8, 4) is 0 Å². The predicted octanol–water partition coefficient (Wildman–Crippen LogP) is 5.65. The molecule has 1 nitrogen and oxygen atoms in total. The molecule has 21 heavy (non-hydrogen) atoms. The van der Waals surface area contributed by atoms with Gasteiger partial charge in [0.15, 0.2) is 0 Å². The fraction of sp³-hybridized carbons (Fsp3) is 0.700. The van der Waals surface area contributed by atoms with E-state index in [9.17, 15) is 0 Å². The molecule has 1 N–H and O–H groups in total. The van der Waals surface area contributed by atoms with Crippen molar-refractivity contribution in [2.75, 3.05) is 6.54 Å². The summed E-state index contributed by atoms with van der Waals surface area (Å²) in [7, 11) is 0. The summed E-state index contributed by atoms with van der Waals surface area (Å²) in [5, 5.41) is 3.79. The lowest BCUT2D eigenvalue weighted by atomic mass is 9.89. The van der Waals surface area contributed by atoms with Crippen LogP contribution in [0.2, 0.25) is 0 Å². The van der Waals surface area contributed by atoms with Gasteiger partial charge in [0, 0.05) is 6.04 Å². The first-order chi connectivity index (χ1) is 10.3. The smallest absolute Gasteiger partial charge is 0.0322 e. The van der Waals surface area contributed by atoms with Gasteiger partial charge >= 0.3 is 0 Å². The molecule has 0 heterocycles. The van der Waals surface area contributed by atoms with Crippen LogP contribution in [-0.4, -0.2) is 6.54 Å². The summed E-state index contributed by atoms with van der Waals surface area (Å²) in [5.41, 5.74) is 2.94. The first kappa shape index (κ1) is 16.5. The van der Waals surface area contributed by atoms with Gasteiger partial charge in [0.05, 0.1) is 0 Å². The quantitative estimate of drug-likeness (QED) is 0.639. The van der Waals surface area contributed by atoms with E-state index in [0.717, 1.165) is 18.9 Å². The molecule has 0 radical (unpaired) electrons. The standard InChI is InChI=1S/C20H33N/c1-3-15-21-20(16-18-9-7-5-6-8-10-18)19-13-11-17(4-2)12-14-19/h11-14,18,20-21H,3-10,15-16H2,1-2H3. The average molecular weight is 287 g/mol. The second-order valence-corrected chi connectivity index (χ2v) is 6.70. The van der Waals surface area contributed by atoms with Crippen LogP contribution < -0.4 is 5.32 Å². The summed E-state index contributed by atoms with van der Waals surface area (Å²) in [6.07, 6.45) is 12.4. The molecule has 0 amide bonds. The maximum absolute atomic E-state index is 3.79. The largest absolute Gasteiger partial charge is 0.310 e. The van der Waals surface area contributed by atoms with Crippen molar-refractivity contribution < 1.29 is 0 Å². The van der Waals surface area contributed by atoms with Gasteiger partial charge in [0.25, 0.3) is 0 Å². The van der Waals surface area contributed by atoms with E-state index in [1.807, 2.05) is 0 Å². The maximum atomic E-state index is 3.79. The molecule has 0 spiro atoms. The summed E-state index contributed by atoms with van der Waals surface area (Å²) < 4.78 is 0. The SMILES string of the molecule is CCCNC(CC1CCCCCC1)c1ccc(CC)cc1. The number of nitrogens with one attached hydrogen (secondary N) is 1. The van der Waals surface area contributed by atoms with Crippen LogP contribution in [0.4, 0.5) is 0 Å². The highest BCUT2D eigenvalue weighted by Gasteiger charge is 2.19. The monoisotopic (exact) mass is 287 g/mol. The summed E-state index contributed by atoms with van der Waals surface area (Å²) >= 11 is 0. The molecule has 1 saturated carbocycles. The van der Waals surface area contributed by atoms with Gasteiger partial charge in [-0.05, 0) is 42.9 Å².